The van der Waals surface area contributed by atoms with Gasteiger partial charge in [0.05, 0.1) is 7.11 Å². The number of aromatic nitrogens is 2. The zero-order valence-corrected chi connectivity index (χ0v) is 8.15. The molecule has 0 saturated heterocycles. The molecule has 0 fully saturated rings. The third kappa shape index (κ3) is 2.57. The van der Waals surface area contributed by atoms with Gasteiger partial charge < -0.3 is 4.74 Å². The van der Waals surface area contributed by atoms with Crippen LogP contribution in [-0.2, 0) is 11.3 Å². The molecule has 1 aromatic heterocycles. The topological polar surface area (TPSA) is 44.1 Å². The molecule has 0 bridgehead atoms. The summed E-state index contributed by atoms with van der Waals surface area (Å²) in [6, 6.07) is 1.66. The molecule has 1 heterocycles. The highest BCUT2D eigenvalue weighted by Crippen LogP contribution is 2.01. The van der Waals surface area contributed by atoms with Crippen molar-refractivity contribution >= 4 is 5.97 Å². The fraction of sp³-hybridized carbons (Fsp3) is 0.556. The first-order chi connectivity index (χ1) is 6.13. The molecule has 0 saturated carbocycles. The lowest BCUT2D eigenvalue weighted by Crippen LogP contribution is -2.08. The summed E-state index contributed by atoms with van der Waals surface area (Å²) in [5, 5.41) is 4.06. The summed E-state index contributed by atoms with van der Waals surface area (Å²) in [6.45, 7) is 5.01. The summed E-state index contributed by atoms with van der Waals surface area (Å²) in [6.07, 6.45) is 1.78. The molecule has 1 rings (SSSR count). The average Bonchev–Trinajstić information content (AvgIpc) is 2.50. The molecule has 0 aromatic carbocycles. The van der Waals surface area contributed by atoms with E-state index in [1.807, 2.05) is 0 Å². The summed E-state index contributed by atoms with van der Waals surface area (Å²) in [7, 11) is 1.35. The van der Waals surface area contributed by atoms with Crippen molar-refractivity contribution in [3.63, 3.8) is 0 Å². The monoisotopic (exact) mass is 182 g/mol. The largest absolute Gasteiger partial charge is 0.464 e. The van der Waals surface area contributed by atoms with Gasteiger partial charge >= 0.3 is 5.97 Å². The molecule has 4 nitrogen and oxygen atoms in total. The summed E-state index contributed by atoms with van der Waals surface area (Å²) in [4.78, 5) is 11.0. The zero-order chi connectivity index (χ0) is 9.84. The Labute approximate surface area is 77.5 Å². The van der Waals surface area contributed by atoms with Gasteiger partial charge in [-0.25, -0.2) is 4.79 Å². The molecule has 0 aliphatic rings. The number of esters is 1. The van der Waals surface area contributed by atoms with Gasteiger partial charge in [0.2, 0.25) is 0 Å². The van der Waals surface area contributed by atoms with E-state index in [1.54, 1.807) is 16.9 Å². The van der Waals surface area contributed by atoms with Crippen LogP contribution in [0.1, 0.15) is 24.3 Å². The van der Waals surface area contributed by atoms with Gasteiger partial charge in [0, 0.05) is 12.7 Å². The Morgan fingerprint density at radius 1 is 1.69 bits per heavy atom. The molecule has 4 heteroatoms. The van der Waals surface area contributed by atoms with Crippen LogP contribution in [0, 0.1) is 5.92 Å². The minimum Gasteiger partial charge on any atom is -0.464 e. The number of ether oxygens (including phenoxy) is 1. The molecule has 72 valence electrons. The zero-order valence-electron chi connectivity index (χ0n) is 8.15. The van der Waals surface area contributed by atoms with Crippen LogP contribution >= 0.6 is 0 Å². The van der Waals surface area contributed by atoms with Gasteiger partial charge in [-0.1, -0.05) is 13.8 Å². The lowest BCUT2D eigenvalue weighted by molar-refractivity contribution is 0.0593. The number of carbonyl (C=O) groups is 1. The van der Waals surface area contributed by atoms with E-state index in [9.17, 15) is 4.79 Å². The molecular formula is C9H14N2O2. The second kappa shape index (κ2) is 4.07. The van der Waals surface area contributed by atoms with Gasteiger partial charge in [-0.05, 0) is 12.0 Å². The first-order valence-corrected chi connectivity index (χ1v) is 4.25. The van der Waals surface area contributed by atoms with Crippen LogP contribution in [0.3, 0.4) is 0 Å². The first-order valence-electron chi connectivity index (χ1n) is 4.25. The smallest absolute Gasteiger partial charge is 0.358 e. The van der Waals surface area contributed by atoms with Crippen LogP contribution in [0.4, 0.5) is 0 Å². The second-order valence-corrected chi connectivity index (χ2v) is 3.31. The maximum Gasteiger partial charge on any atom is 0.358 e. The van der Waals surface area contributed by atoms with Crippen molar-refractivity contribution < 1.29 is 9.53 Å². The highest BCUT2D eigenvalue weighted by atomic mass is 16.5. The standard InChI is InChI=1S/C9H14N2O2/c1-7(2)6-11-5-4-8(10-11)9(12)13-3/h4-5,7H,6H2,1-3H3. The molecule has 0 amide bonds. The molecule has 1 aromatic rings. The Kier molecular flexibility index (Phi) is 3.06. The number of methoxy groups -OCH3 is 1. The SMILES string of the molecule is COC(=O)c1ccn(CC(C)C)n1. The van der Waals surface area contributed by atoms with E-state index in [4.69, 9.17) is 0 Å². The first kappa shape index (κ1) is 9.77. The van der Waals surface area contributed by atoms with E-state index >= 15 is 0 Å². The van der Waals surface area contributed by atoms with E-state index in [1.165, 1.54) is 7.11 Å². The fourth-order valence-electron chi connectivity index (χ4n) is 1.05. The third-order valence-electron chi connectivity index (χ3n) is 1.59. The van der Waals surface area contributed by atoms with Crippen molar-refractivity contribution in [1.82, 2.24) is 9.78 Å². The Morgan fingerprint density at radius 2 is 2.38 bits per heavy atom. The highest BCUT2D eigenvalue weighted by molar-refractivity contribution is 5.86. The Bertz CT molecular complexity index is 292. The van der Waals surface area contributed by atoms with Gasteiger partial charge in [0.1, 0.15) is 0 Å². The van der Waals surface area contributed by atoms with Gasteiger partial charge in [-0.2, -0.15) is 5.10 Å². The quantitative estimate of drug-likeness (QED) is 0.662. The average molecular weight is 182 g/mol. The van der Waals surface area contributed by atoms with E-state index < -0.39 is 0 Å². The highest BCUT2D eigenvalue weighted by Gasteiger charge is 2.08. The molecule has 0 atom stereocenters. The van der Waals surface area contributed by atoms with Crippen LogP contribution in [0.5, 0.6) is 0 Å². The molecule has 0 aliphatic heterocycles. The van der Waals surface area contributed by atoms with Gasteiger partial charge in [-0.15, -0.1) is 0 Å². The number of carbonyl (C=O) groups excluding carboxylic acids is 1. The number of nitrogens with zero attached hydrogens (tertiary/aromatic N) is 2. The minimum absolute atomic E-state index is 0.364. The van der Waals surface area contributed by atoms with E-state index in [0.29, 0.717) is 11.6 Å². The summed E-state index contributed by atoms with van der Waals surface area (Å²) >= 11 is 0. The maximum absolute atomic E-state index is 11.0. The number of hydrogen-bond donors (Lipinski definition) is 0. The Hall–Kier alpha value is -1.32. The normalized spacial score (nSPS) is 10.5. The molecule has 13 heavy (non-hydrogen) atoms. The predicted octanol–water partition coefficient (Wildman–Crippen LogP) is 1.33. The van der Waals surface area contributed by atoms with Crippen LogP contribution < -0.4 is 0 Å². The number of rotatable bonds is 3. The van der Waals surface area contributed by atoms with Gasteiger partial charge in [0.25, 0.3) is 0 Å². The minimum atomic E-state index is -0.387. The van der Waals surface area contributed by atoms with Crippen molar-refractivity contribution in [3.8, 4) is 0 Å². The van der Waals surface area contributed by atoms with Crippen molar-refractivity contribution in [3.05, 3.63) is 18.0 Å². The molecule has 0 spiro atoms. The van der Waals surface area contributed by atoms with E-state index in [-0.39, 0.29) is 5.97 Å². The second-order valence-electron chi connectivity index (χ2n) is 3.31. The van der Waals surface area contributed by atoms with Crippen LogP contribution in [0.15, 0.2) is 12.3 Å². The van der Waals surface area contributed by atoms with Gasteiger partial charge in [0.15, 0.2) is 5.69 Å². The third-order valence-corrected chi connectivity index (χ3v) is 1.59. The molecule has 0 radical (unpaired) electrons. The van der Waals surface area contributed by atoms with Crippen molar-refractivity contribution in [2.45, 2.75) is 20.4 Å². The van der Waals surface area contributed by atoms with Crippen LogP contribution in [0.2, 0.25) is 0 Å². The summed E-state index contributed by atoms with van der Waals surface area (Å²) < 4.78 is 6.29. The van der Waals surface area contributed by atoms with Crippen LogP contribution in [-0.4, -0.2) is 22.9 Å². The van der Waals surface area contributed by atoms with Gasteiger partial charge in [-0.3, -0.25) is 4.68 Å². The van der Waals surface area contributed by atoms with Crippen molar-refractivity contribution in [2.24, 2.45) is 5.92 Å². The predicted molar refractivity (Wildman–Crippen MR) is 48.4 cm³/mol. The van der Waals surface area contributed by atoms with E-state index in [2.05, 4.69) is 23.7 Å². The van der Waals surface area contributed by atoms with E-state index in [0.717, 1.165) is 6.54 Å². The molecular weight excluding hydrogens is 168 g/mol. The van der Waals surface area contributed by atoms with Crippen molar-refractivity contribution in [2.75, 3.05) is 7.11 Å². The fourth-order valence-corrected chi connectivity index (χ4v) is 1.05. The Balaban J connectivity index is 2.69. The lowest BCUT2D eigenvalue weighted by atomic mass is 10.2. The lowest BCUT2D eigenvalue weighted by Gasteiger charge is -2.03. The molecule has 0 aliphatic carbocycles. The number of hydrogen-bond acceptors (Lipinski definition) is 3. The molecule has 0 unspecified atom stereocenters. The summed E-state index contributed by atoms with van der Waals surface area (Å²) in [5.41, 5.74) is 0.364. The van der Waals surface area contributed by atoms with Crippen LogP contribution in [0.25, 0.3) is 0 Å². The Morgan fingerprint density at radius 3 is 2.92 bits per heavy atom. The maximum atomic E-state index is 11.0. The summed E-state index contributed by atoms with van der Waals surface area (Å²) in [5.74, 6) is 0.132. The van der Waals surface area contributed by atoms with Crippen molar-refractivity contribution in [1.29, 1.82) is 0 Å². The molecule has 0 N–H and O–H groups in total.